The molecule has 0 aromatic heterocycles. The number of hydrogen-bond acceptors (Lipinski definition) is 0. The normalized spacial score (nSPS) is 11.4. The van der Waals surface area contributed by atoms with Crippen LogP contribution in [0.2, 0.25) is 9.88 Å². The van der Waals surface area contributed by atoms with E-state index in [1.807, 2.05) is 0 Å². The molecule has 0 atom stereocenters. The van der Waals surface area contributed by atoms with Gasteiger partial charge in [-0.15, -0.1) is 0 Å². The van der Waals surface area contributed by atoms with Crippen molar-refractivity contribution in [2.45, 2.75) is 168 Å². The van der Waals surface area contributed by atoms with Crippen LogP contribution in [0.15, 0.2) is 30.3 Å². The van der Waals surface area contributed by atoms with Gasteiger partial charge in [0.2, 0.25) is 0 Å². The maximum atomic E-state index is 2.68. The van der Waals surface area contributed by atoms with Crippen LogP contribution in [0.4, 0.5) is 0 Å². The molecule has 1 nitrogen and oxygen atoms in total. The second kappa shape index (κ2) is 26.9. The number of hydrogen-bond donors (Lipinski definition) is 1. The van der Waals surface area contributed by atoms with Gasteiger partial charge in [0.25, 0.3) is 0 Å². The van der Waals surface area contributed by atoms with Gasteiger partial charge in [-0.2, -0.15) is 0 Å². The van der Waals surface area contributed by atoms with Crippen molar-refractivity contribution >= 4 is 19.8 Å². The van der Waals surface area contributed by atoms with Crippen molar-refractivity contribution in [3.63, 3.8) is 0 Å². The van der Waals surface area contributed by atoms with E-state index in [0.717, 1.165) is 0 Å². The smallest absolute Gasteiger partial charge is 0.369 e. The van der Waals surface area contributed by atoms with Crippen molar-refractivity contribution in [2.24, 2.45) is 0 Å². The van der Waals surface area contributed by atoms with E-state index in [0.29, 0.717) is 3.43 Å². The standard InChI is InChI=1S/C31H55.2CH3.ClH.H3N.Sn/c1-3-5-7-9-11-13-15-17-19-22-26-30(31-28-24-21-25-29-31)27-23-20-18-16-14-12-10-8-6-4-2;;;;;/h21,24-25,28-29H,3-20,22-23,26-27H2,1-2H3;2*1H3;1H;1H3;. The molecule has 0 heterocycles. The molecule has 0 aliphatic rings. The zero-order valence-corrected chi connectivity index (χ0v) is 28.9. The van der Waals surface area contributed by atoms with Crippen molar-refractivity contribution < 1.29 is 12.4 Å². The Hall–Kier alpha value is 0.269. The fourth-order valence-corrected chi connectivity index (χ4v) is 11.8. The SMILES string of the molecule is CCCCCCCCCCCC[C](CCCCCCCCCCCC)(c1ccccc1)[Sn]([CH3])[CH3].[Cl-].[NH4+]. The third-order valence-electron chi connectivity index (χ3n) is 8.20. The Balaban J connectivity index is 0. The first-order valence-electron chi connectivity index (χ1n) is 15.5. The van der Waals surface area contributed by atoms with Crippen LogP contribution in [-0.2, 0) is 3.43 Å². The molecule has 0 saturated heterocycles. The van der Waals surface area contributed by atoms with Gasteiger partial charge in [-0.1, -0.05) is 13.8 Å². The molecule has 0 spiro atoms. The summed E-state index contributed by atoms with van der Waals surface area (Å²) in [6.07, 6.45) is 31.9. The van der Waals surface area contributed by atoms with Crippen LogP contribution in [0.5, 0.6) is 0 Å². The molecule has 0 aliphatic carbocycles. The topological polar surface area (TPSA) is 36.5 Å². The van der Waals surface area contributed by atoms with Crippen LogP contribution in [-0.4, -0.2) is 19.8 Å². The molecule has 0 aliphatic heterocycles. The van der Waals surface area contributed by atoms with E-state index >= 15 is 0 Å². The molecule has 4 N–H and O–H groups in total. The molecule has 0 bridgehead atoms. The van der Waals surface area contributed by atoms with Gasteiger partial charge in [0, 0.05) is 0 Å². The molecule has 1 aromatic rings. The maximum absolute atomic E-state index is 2.68. The molecule has 0 unspecified atom stereocenters. The van der Waals surface area contributed by atoms with Crippen molar-refractivity contribution in [1.29, 1.82) is 0 Å². The monoisotopic (exact) mass is 630 g/mol. The van der Waals surface area contributed by atoms with Gasteiger partial charge in [0.1, 0.15) is 0 Å². The molecular formula is C33H65ClNSn. The Morgan fingerprint density at radius 3 is 1.11 bits per heavy atom. The first kappa shape index (κ1) is 38.4. The van der Waals surface area contributed by atoms with Crippen molar-refractivity contribution in [3.8, 4) is 0 Å². The van der Waals surface area contributed by atoms with Gasteiger partial charge in [0.15, 0.2) is 0 Å². The van der Waals surface area contributed by atoms with Gasteiger partial charge in [-0.3, -0.25) is 0 Å². The van der Waals surface area contributed by atoms with Gasteiger partial charge in [-0.05, 0) is 0 Å². The summed E-state index contributed by atoms with van der Waals surface area (Å²) in [5.41, 5.74) is 1.70. The second-order valence-electron chi connectivity index (χ2n) is 11.3. The van der Waals surface area contributed by atoms with Gasteiger partial charge in [-0.25, -0.2) is 0 Å². The predicted molar refractivity (Wildman–Crippen MR) is 165 cm³/mol. The summed E-state index contributed by atoms with van der Waals surface area (Å²) in [7, 11) is 0. The van der Waals surface area contributed by atoms with E-state index in [1.165, 1.54) is 141 Å². The van der Waals surface area contributed by atoms with Crippen molar-refractivity contribution in [1.82, 2.24) is 6.15 Å². The van der Waals surface area contributed by atoms with Gasteiger partial charge in [0.05, 0.1) is 0 Å². The van der Waals surface area contributed by atoms with Gasteiger partial charge >= 0.3 is 210 Å². The van der Waals surface area contributed by atoms with Crippen LogP contribution in [0, 0.1) is 0 Å². The molecule has 1 aromatic carbocycles. The zero-order chi connectivity index (χ0) is 24.7. The number of benzene rings is 1. The predicted octanol–water partition coefficient (Wildman–Crippen LogP) is 9.22. The first-order valence-corrected chi connectivity index (χ1v) is 22.7. The number of unbranched alkanes of at least 4 members (excludes halogenated alkanes) is 18. The van der Waals surface area contributed by atoms with Crippen LogP contribution in [0.3, 0.4) is 0 Å². The quantitative estimate of drug-likeness (QED) is 0.0874. The largest absolute Gasteiger partial charge is 1.00 e. The molecule has 0 saturated carbocycles. The minimum absolute atomic E-state index is 0. The van der Waals surface area contributed by atoms with Gasteiger partial charge < -0.3 is 18.6 Å². The second-order valence-corrected chi connectivity index (χ2v) is 19.8. The summed E-state index contributed by atoms with van der Waals surface area (Å²) in [6.45, 7) is 4.63. The Kier molecular flexibility index (Phi) is 28.7. The van der Waals surface area contributed by atoms with Crippen LogP contribution >= 0.6 is 0 Å². The first-order chi connectivity index (χ1) is 16.7. The van der Waals surface area contributed by atoms with E-state index in [-0.39, 0.29) is 18.6 Å². The van der Waals surface area contributed by atoms with Crippen LogP contribution in [0.1, 0.15) is 161 Å². The summed E-state index contributed by atoms with van der Waals surface area (Å²) in [4.78, 5) is 5.36. The Labute approximate surface area is 241 Å². The molecule has 0 fully saturated rings. The minimum Gasteiger partial charge on any atom is -1.00 e. The summed E-state index contributed by atoms with van der Waals surface area (Å²) >= 11 is -1.45. The molecule has 36 heavy (non-hydrogen) atoms. The number of halogens is 1. The summed E-state index contributed by atoms with van der Waals surface area (Å²) in [5.74, 6) is 0. The molecule has 1 radical (unpaired) electrons. The average Bonchev–Trinajstić information content (AvgIpc) is 2.85. The summed E-state index contributed by atoms with van der Waals surface area (Å²) < 4.78 is 0.573. The van der Waals surface area contributed by atoms with E-state index in [2.05, 4.69) is 54.1 Å². The fourth-order valence-electron chi connectivity index (χ4n) is 5.79. The summed E-state index contributed by atoms with van der Waals surface area (Å²) in [5, 5.41) is 0. The fraction of sp³-hybridized carbons (Fsp3) is 0.818. The Bertz CT molecular complexity index is 524. The van der Waals surface area contributed by atoms with E-state index in [4.69, 9.17) is 0 Å². The number of rotatable bonds is 24. The molecule has 1 rings (SSSR count). The maximum Gasteiger partial charge on any atom is -0.369 e. The Morgan fingerprint density at radius 1 is 0.500 bits per heavy atom. The van der Waals surface area contributed by atoms with Crippen LogP contribution in [0.25, 0.3) is 0 Å². The molecule has 213 valence electrons. The zero-order valence-electron chi connectivity index (χ0n) is 25.3. The van der Waals surface area contributed by atoms with E-state index < -0.39 is 19.8 Å². The third-order valence-corrected chi connectivity index (χ3v) is 15.9. The molecule has 0 amide bonds. The van der Waals surface area contributed by atoms with Crippen molar-refractivity contribution in [2.75, 3.05) is 0 Å². The van der Waals surface area contributed by atoms with E-state index in [1.54, 1.807) is 5.56 Å². The molecule has 3 heteroatoms. The molecular weight excluding hydrogens is 565 g/mol. The minimum atomic E-state index is -1.45. The Morgan fingerprint density at radius 2 is 0.806 bits per heavy atom. The summed E-state index contributed by atoms with van der Waals surface area (Å²) in [6, 6.07) is 11.8. The van der Waals surface area contributed by atoms with Crippen LogP contribution < -0.4 is 18.6 Å². The number of quaternary nitrogens is 1. The average molecular weight is 630 g/mol. The van der Waals surface area contributed by atoms with Crippen molar-refractivity contribution in [3.05, 3.63) is 35.9 Å². The van der Waals surface area contributed by atoms with E-state index in [9.17, 15) is 0 Å². The third kappa shape index (κ3) is 17.7.